The Labute approximate surface area is 219 Å². The number of unbranched alkanes of at least 4 members (excludes halogenated alkanes) is 16. The molecule has 0 spiro atoms. The van der Waals surface area contributed by atoms with Crippen molar-refractivity contribution in [2.45, 2.75) is 156 Å². The molecule has 0 heterocycles. The Balaban J connectivity index is 3.49. The maximum atomic E-state index is 12.0. The molecule has 0 radical (unpaired) electrons. The molecule has 0 saturated heterocycles. The Morgan fingerprint density at radius 3 is 1.31 bits per heavy atom. The topological polar surface area (TPSA) is 54.0 Å². The molecule has 0 aliphatic carbocycles. The second kappa shape index (κ2) is 26.6. The van der Waals surface area contributed by atoms with Crippen LogP contribution in [0.25, 0.3) is 0 Å². The summed E-state index contributed by atoms with van der Waals surface area (Å²) >= 11 is 0. The molecule has 5 nitrogen and oxygen atoms in total. The van der Waals surface area contributed by atoms with Crippen molar-refractivity contribution in [1.29, 1.82) is 0 Å². The number of ether oxygens (including phenoxy) is 1. The van der Waals surface area contributed by atoms with Gasteiger partial charge in [-0.3, -0.25) is 4.79 Å². The second-order valence-electron chi connectivity index (χ2n) is 9.71. The van der Waals surface area contributed by atoms with Crippen molar-refractivity contribution in [3.8, 4) is 0 Å². The van der Waals surface area contributed by atoms with Crippen LogP contribution < -0.4 is 0 Å². The van der Waals surface area contributed by atoms with E-state index in [9.17, 15) is 4.79 Å². The summed E-state index contributed by atoms with van der Waals surface area (Å²) in [5.41, 5.74) is 0. The maximum absolute atomic E-state index is 12.0. The van der Waals surface area contributed by atoms with E-state index in [4.69, 9.17) is 18.0 Å². The third-order valence-corrected chi connectivity index (χ3v) is 9.62. The zero-order valence-corrected chi connectivity index (χ0v) is 25.0. The first-order valence-corrected chi connectivity index (χ1v) is 17.1. The number of carbonyl (C=O) groups excluding carboxylic acids is 1. The van der Waals surface area contributed by atoms with E-state index >= 15 is 0 Å². The molecule has 0 saturated carbocycles. The van der Waals surface area contributed by atoms with Crippen LogP contribution in [-0.4, -0.2) is 41.2 Å². The van der Waals surface area contributed by atoms with Crippen molar-refractivity contribution in [1.82, 2.24) is 0 Å². The van der Waals surface area contributed by atoms with Crippen molar-refractivity contribution >= 4 is 14.8 Å². The molecule has 0 fully saturated rings. The molecule has 0 aromatic carbocycles. The lowest BCUT2D eigenvalue weighted by Crippen LogP contribution is -2.45. The fraction of sp³-hybridized carbons (Fsp3) is 0.966. The van der Waals surface area contributed by atoms with Gasteiger partial charge in [0.1, 0.15) is 0 Å². The molecule has 0 N–H and O–H groups in total. The highest BCUT2D eigenvalue weighted by Gasteiger charge is 2.39. The number of rotatable bonds is 28. The average molecular weight is 517 g/mol. The van der Waals surface area contributed by atoms with Crippen molar-refractivity contribution in [2.24, 2.45) is 0 Å². The molecular weight excluding hydrogens is 456 g/mol. The minimum atomic E-state index is -2.57. The Morgan fingerprint density at radius 1 is 0.514 bits per heavy atom. The van der Waals surface area contributed by atoms with Crippen LogP contribution in [-0.2, 0) is 22.8 Å². The molecule has 0 unspecified atom stereocenters. The summed E-state index contributed by atoms with van der Waals surface area (Å²) in [4.78, 5) is 12.0. The molecule has 0 aliphatic heterocycles. The number of carbonyl (C=O) groups is 1. The van der Waals surface area contributed by atoms with Gasteiger partial charge in [-0.15, -0.1) is 0 Å². The minimum Gasteiger partial charge on any atom is -0.466 e. The van der Waals surface area contributed by atoms with Crippen molar-refractivity contribution in [2.75, 3.05) is 26.4 Å². The summed E-state index contributed by atoms with van der Waals surface area (Å²) in [6.45, 7) is 10.5. The van der Waals surface area contributed by atoms with Crippen LogP contribution in [0.15, 0.2) is 0 Å². The first-order valence-electron chi connectivity index (χ1n) is 15.2. The van der Waals surface area contributed by atoms with E-state index in [0.29, 0.717) is 32.8 Å². The zero-order chi connectivity index (χ0) is 25.9. The fourth-order valence-electron chi connectivity index (χ4n) is 4.52. The molecule has 0 atom stereocenters. The third kappa shape index (κ3) is 22.5. The smallest absolute Gasteiger partial charge is 0.466 e. The third-order valence-electron chi connectivity index (χ3n) is 6.47. The van der Waals surface area contributed by atoms with Gasteiger partial charge in [0.05, 0.1) is 6.61 Å². The van der Waals surface area contributed by atoms with Gasteiger partial charge < -0.3 is 18.0 Å². The molecule has 35 heavy (non-hydrogen) atoms. The van der Waals surface area contributed by atoms with Gasteiger partial charge >= 0.3 is 14.8 Å². The molecule has 0 amide bonds. The molecule has 0 aliphatic rings. The normalized spacial score (nSPS) is 11.8. The van der Waals surface area contributed by atoms with Gasteiger partial charge in [0.2, 0.25) is 0 Å². The molecule has 6 heteroatoms. The number of hydrogen-bond donors (Lipinski definition) is 0. The Morgan fingerprint density at radius 2 is 0.914 bits per heavy atom. The van der Waals surface area contributed by atoms with Crippen LogP contribution in [0, 0.1) is 0 Å². The summed E-state index contributed by atoms with van der Waals surface area (Å²) in [7, 11) is -2.57. The average Bonchev–Trinajstić information content (AvgIpc) is 2.84. The van der Waals surface area contributed by atoms with E-state index in [2.05, 4.69) is 6.92 Å². The van der Waals surface area contributed by atoms with E-state index < -0.39 is 8.80 Å². The van der Waals surface area contributed by atoms with Gasteiger partial charge in [0, 0.05) is 32.3 Å². The Kier molecular flexibility index (Phi) is 26.3. The highest BCUT2D eigenvalue weighted by atomic mass is 28.4. The van der Waals surface area contributed by atoms with Crippen LogP contribution in [0.1, 0.15) is 150 Å². The second-order valence-corrected chi connectivity index (χ2v) is 12.4. The highest BCUT2D eigenvalue weighted by Crippen LogP contribution is 2.19. The molecule has 0 aromatic heterocycles. The van der Waals surface area contributed by atoms with Crippen LogP contribution >= 0.6 is 0 Å². The zero-order valence-electron chi connectivity index (χ0n) is 24.0. The monoisotopic (exact) mass is 516 g/mol. The maximum Gasteiger partial charge on any atom is 0.500 e. The standard InChI is InChI=1S/C29H60O5Si/c1-5-9-10-11-12-13-14-15-16-17-18-19-20-21-22-23-26-29(30)31-27-24-25-28-35(32-6-2,33-7-3)34-8-4/h5-28H2,1-4H3. The lowest BCUT2D eigenvalue weighted by atomic mass is 10.0. The number of hydrogen-bond acceptors (Lipinski definition) is 5. The van der Waals surface area contributed by atoms with E-state index in [1.54, 1.807) is 0 Å². The van der Waals surface area contributed by atoms with E-state index in [-0.39, 0.29) is 5.97 Å². The summed E-state index contributed by atoms with van der Waals surface area (Å²) in [6.07, 6.45) is 23.8. The van der Waals surface area contributed by atoms with Crippen LogP contribution in [0.2, 0.25) is 6.04 Å². The molecule has 0 bridgehead atoms. The van der Waals surface area contributed by atoms with Gasteiger partial charge in [-0.1, -0.05) is 103 Å². The molecule has 0 aromatic rings. The van der Waals surface area contributed by atoms with Gasteiger partial charge in [-0.05, 0) is 40.0 Å². The summed E-state index contributed by atoms with van der Waals surface area (Å²) < 4.78 is 23.0. The first-order chi connectivity index (χ1) is 17.1. The largest absolute Gasteiger partial charge is 0.500 e. The van der Waals surface area contributed by atoms with Gasteiger partial charge in [-0.2, -0.15) is 0 Å². The van der Waals surface area contributed by atoms with Crippen molar-refractivity contribution < 1.29 is 22.8 Å². The van der Waals surface area contributed by atoms with E-state index in [0.717, 1.165) is 31.7 Å². The van der Waals surface area contributed by atoms with Crippen molar-refractivity contribution in [3.05, 3.63) is 0 Å². The molecule has 210 valence electrons. The fourth-order valence-corrected chi connectivity index (χ4v) is 7.21. The predicted molar refractivity (Wildman–Crippen MR) is 150 cm³/mol. The van der Waals surface area contributed by atoms with E-state index in [1.807, 2.05) is 20.8 Å². The lowest BCUT2D eigenvalue weighted by Gasteiger charge is -2.28. The van der Waals surface area contributed by atoms with E-state index in [1.165, 1.54) is 89.9 Å². The quantitative estimate of drug-likeness (QED) is 0.0590. The van der Waals surface area contributed by atoms with Crippen LogP contribution in [0.4, 0.5) is 0 Å². The first kappa shape index (κ1) is 34.6. The molecule has 0 rings (SSSR count). The predicted octanol–water partition coefficient (Wildman–Crippen LogP) is 9.01. The Hall–Kier alpha value is -0.433. The Bertz CT molecular complexity index is 430. The van der Waals surface area contributed by atoms with Crippen LogP contribution in [0.5, 0.6) is 0 Å². The summed E-state index contributed by atoms with van der Waals surface area (Å²) in [6, 6.07) is 0.777. The van der Waals surface area contributed by atoms with Gasteiger partial charge in [0.25, 0.3) is 0 Å². The van der Waals surface area contributed by atoms with Gasteiger partial charge in [-0.25, -0.2) is 0 Å². The minimum absolute atomic E-state index is 0.0571. The SMILES string of the molecule is CCCCCCCCCCCCCCCCCCC(=O)OCCCC[Si](OCC)(OCC)OCC. The van der Waals surface area contributed by atoms with Gasteiger partial charge in [0.15, 0.2) is 0 Å². The summed E-state index contributed by atoms with van der Waals surface area (Å²) in [5.74, 6) is -0.0571. The lowest BCUT2D eigenvalue weighted by molar-refractivity contribution is -0.143. The highest BCUT2D eigenvalue weighted by molar-refractivity contribution is 6.60. The molecular formula is C29H60O5Si. The summed E-state index contributed by atoms with van der Waals surface area (Å²) in [5, 5.41) is 0. The van der Waals surface area contributed by atoms with Crippen LogP contribution in [0.3, 0.4) is 0 Å². The number of esters is 1. The van der Waals surface area contributed by atoms with Crippen molar-refractivity contribution in [3.63, 3.8) is 0 Å².